The maximum absolute atomic E-state index is 5.01. The van der Waals surface area contributed by atoms with E-state index in [9.17, 15) is 0 Å². The van der Waals surface area contributed by atoms with E-state index in [2.05, 4.69) is 0 Å². The van der Waals surface area contributed by atoms with Gasteiger partial charge in [0.2, 0.25) is 0 Å². The van der Waals surface area contributed by atoms with Crippen LogP contribution in [0, 0.1) is 0 Å². The number of hydrogen-bond donors (Lipinski definition) is 0. The Hall–Kier alpha value is 0.310. The average molecular weight is 130 g/mol. The molecule has 0 aromatic rings. The van der Waals surface area contributed by atoms with Crippen molar-refractivity contribution in [3.8, 4) is 0 Å². The Bertz CT molecular complexity index is 57.5. The molecule has 0 atom stereocenters. The fraction of sp³-hybridized carbons (Fsp3) is 1.00. The van der Waals surface area contributed by atoms with Crippen LogP contribution in [0.2, 0.25) is 0 Å². The van der Waals surface area contributed by atoms with E-state index >= 15 is 0 Å². The van der Waals surface area contributed by atoms with E-state index in [1.165, 1.54) is 25.7 Å². The highest BCUT2D eigenvalue weighted by molar-refractivity contribution is 7.77. The van der Waals surface area contributed by atoms with Crippen LogP contribution in [0.15, 0.2) is 0 Å². The molecule has 1 fully saturated rings. The first-order chi connectivity index (χ1) is 3.89. The van der Waals surface area contributed by atoms with E-state index in [4.69, 9.17) is 12.8 Å². The molecule has 0 unspecified atom stereocenters. The van der Waals surface area contributed by atoms with Crippen LogP contribution < -0.4 is 0 Å². The van der Waals surface area contributed by atoms with Crippen molar-refractivity contribution in [1.29, 1.82) is 0 Å². The predicted molar refractivity (Wildman–Crippen MR) is 37.6 cm³/mol. The summed E-state index contributed by atoms with van der Waals surface area (Å²) >= 11 is 5.01. The predicted octanol–water partition coefficient (Wildman–Crippen LogP) is 1.97. The van der Waals surface area contributed by atoms with Crippen LogP contribution >= 0.6 is 12.8 Å². The van der Waals surface area contributed by atoms with Crippen LogP contribution in [0.25, 0.3) is 0 Å². The lowest BCUT2D eigenvalue weighted by molar-refractivity contribution is 0.495. The first kappa shape index (κ1) is 6.43. The van der Waals surface area contributed by atoms with Gasteiger partial charge in [-0.3, -0.25) is 0 Å². The number of nitrogens with zero attached hydrogens (tertiary/aromatic N) is 1. The molecule has 0 spiro atoms. The Kier molecular flexibility index (Phi) is 2.70. The fourth-order valence-electron chi connectivity index (χ4n) is 1.04. The van der Waals surface area contributed by atoms with Crippen molar-refractivity contribution >= 4 is 12.8 Å². The highest BCUT2D eigenvalue weighted by Gasteiger charge is 2.03. The van der Waals surface area contributed by atoms with Crippen LogP contribution in [0.4, 0.5) is 0 Å². The Morgan fingerprint density at radius 1 is 0.875 bits per heavy atom. The van der Waals surface area contributed by atoms with E-state index < -0.39 is 0 Å². The molecular formula is C6H12NS. The van der Waals surface area contributed by atoms with Gasteiger partial charge in [0.05, 0.1) is 0 Å². The monoisotopic (exact) mass is 130 g/mol. The molecule has 0 saturated carbocycles. The van der Waals surface area contributed by atoms with Crippen LogP contribution in [0.1, 0.15) is 25.7 Å². The molecule has 1 heterocycles. The lowest BCUT2D eigenvalue weighted by Gasteiger charge is -2.07. The highest BCUT2D eigenvalue weighted by Crippen LogP contribution is 2.09. The summed E-state index contributed by atoms with van der Waals surface area (Å²) < 4.78 is 2.01. The number of hydrogen-bond acceptors (Lipinski definition) is 1. The molecule has 47 valence electrons. The Labute approximate surface area is 56.6 Å². The van der Waals surface area contributed by atoms with Gasteiger partial charge in [-0.2, -0.15) is 0 Å². The average Bonchev–Trinajstić information content (AvgIpc) is 1.94. The molecule has 1 saturated heterocycles. The third-order valence-electron chi connectivity index (χ3n) is 1.57. The van der Waals surface area contributed by atoms with Gasteiger partial charge in [-0.05, 0) is 12.8 Å². The van der Waals surface area contributed by atoms with E-state index in [0.717, 1.165) is 13.1 Å². The first-order valence-corrected chi connectivity index (χ1v) is 3.68. The fourth-order valence-corrected chi connectivity index (χ4v) is 1.30. The van der Waals surface area contributed by atoms with Gasteiger partial charge in [0, 0.05) is 25.9 Å². The van der Waals surface area contributed by atoms with Crippen LogP contribution in [-0.4, -0.2) is 17.4 Å². The molecule has 1 nitrogen and oxygen atoms in total. The Balaban J connectivity index is 2.17. The smallest absolute Gasteiger partial charge is 0.00976 e. The molecule has 0 N–H and O–H groups in total. The minimum atomic E-state index is 1.13. The topological polar surface area (TPSA) is 3.24 Å². The zero-order valence-corrected chi connectivity index (χ0v) is 5.91. The zero-order chi connectivity index (χ0) is 5.82. The summed E-state index contributed by atoms with van der Waals surface area (Å²) in [6.07, 6.45) is 5.38. The molecule has 0 aliphatic carbocycles. The van der Waals surface area contributed by atoms with Crippen molar-refractivity contribution in [3.63, 3.8) is 0 Å². The summed E-state index contributed by atoms with van der Waals surface area (Å²) in [6.45, 7) is 2.27. The minimum absolute atomic E-state index is 1.13. The zero-order valence-electron chi connectivity index (χ0n) is 5.10. The molecule has 1 aliphatic heterocycles. The van der Waals surface area contributed by atoms with Crippen molar-refractivity contribution in [1.82, 2.24) is 4.31 Å². The van der Waals surface area contributed by atoms with E-state index in [1.807, 2.05) is 4.31 Å². The minimum Gasteiger partial charge on any atom is -0.240 e. The lowest BCUT2D eigenvalue weighted by Crippen LogP contribution is -2.11. The summed E-state index contributed by atoms with van der Waals surface area (Å²) in [6, 6.07) is 0. The Morgan fingerprint density at radius 2 is 1.38 bits per heavy atom. The molecule has 8 heavy (non-hydrogen) atoms. The standard InChI is InChI=1S/C6H12NS/c8-7-5-3-1-2-4-6-7/h1-6H2. The summed E-state index contributed by atoms with van der Waals surface area (Å²) in [5.74, 6) is 0. The summed E-state index contributed by atoms with van der Waals surface area (Å²) in [4.78, 5) is 0. The molecule has 0 aromatic carbocycles. The third-order valence-corrected chi connectivity index (χ3v) is 1.93. The molecule has 0 aromatic heterocycles. The van der Waals surface area contributed by atoms with Gasteiger partial charge in [-0.15, -0.1) is 0 Å². The second-order valence-electron chi connectivity index (χ2n) is 2.34. The quantitative estimate of drug-likeness (QED) is 0.484. The molecule has 0 bridgehead atoms. The SMILES string of the molecule is [S]N1CCCCCC1. The Morgan fingerprint density at radius 3 is 1.88 bits per heavy atom. The van der Waals surface area contributed by atoms with Crippen LogP contribution in [0.3, 0.4) is 0 Å². The lowest BCUT2D eigenvalue weighted by atomic mass is 10.2. The van der Waals surface area contributed by atoms with Gasteiger partial charge < -0.3 is 0 Å². The molecule has 1 rings (SSSR count). The molecule has 1 aliphatic rings. The van der Waals surface area contributed by atoms with E-state index in [0.29, 0.717) is 0 Å². The van der Waals surface area contributed by atoms with Gasteiger partial charge in [0.1, 0.15) is 0 Å². The van der Waals surface area contributed by atoms with Gasteiger partial charge >= 0.3 is 0 Å². The van der Waals surface area contributed by atoms with Crippen molar-refractivity contribution in [2.75, 3.05) is 13.1 Å². The maximum atomic E-state index is 5.01. The van der Waals surface area contributed by atoms with Gasteiger partial charge in [-0.25, -0.2) is 4.31 Å². The van der Waals surface area contributed by atoms with Crippen molar-refractivity contribution in [2.24, 2.45) is 0 Å². The van der Waals surface area contributed by atoms with Crippen LogP contribution in [-0.2, 0) is 0 Å². The van der Waals surface area contributed by atoms with E-state index in [-0.39, 0.29) is 0 Å². The maximum Gasteiger partial charge on any atom is 0.00976 e. The third kappa shape index (κ3) is 2.05. The summed E-state index contributed by atoms with van der Waals surface area (Å²) in [5, 5.41) is 0. The van der Waals surface area contributed by atoms with Crippen molar-refractivity contribution in [2.45, 2.75) is 25.7 Å². The first-order valence-electron chi connectivity index (χ1n) is 3.32. The van der Waals surface area contributed by atoms with Crippen molar-refractivity contribution in [3.05, 3.63) is 0 Å². The molecular weight excluding hydrogens is 118 g/mol. The molecule has 2 heteroatoms. The van der Waals surface area contributed by atoms with E-state index in [1.54, 1.807) is 0 Å². The van der Waals surface area contributed by atoms with Gasteiger partial charge in [0.25, 0.3) is 0 Å². The molecule has 1 radical (unpaired) electrons. The van der Waals surface area contributed by atoms with Crippen molar-refractivity contribution < 1.29 is 0 Å². The largest absolute Gasteiger partial charge is 0.240 e. The van der Waals surface area contributed by atoms with Gasteiger partial charge in [-0.1, -0.05) is 12.8 Å². The highest BCUT2D eigenvalue weighted by atomic mass is 32.1. The summed E-state index contributed by atoms with van der Waals surface area (Å²) in [5.41, 5.74) is 0. The normalized spacial score (nSPS) is 25.1. The molecule has 0 amide bonds. The second kappa shape index (κ2) is 3.36. The van der Waals surface area contributed by atoms with Gasteiger partial charge in [0.15, 0.2) is 0 Å². The second-order valence-corrected chi connectivity index (χ2v) is 2.86. The van der Waals surface area contributed by atoms with Crippen LogP contribution in [0.5, 0.6) is 0 Å². The summed E-state index contributed by atoms with van der Waals surface area (Å²) in [7, 11) is 0. The number of rotatable bonds is 0.